The molecule has 0 heterocycles. The Morgan fingerprint density at radius 2 is 1.96 bits per heavy atom. The standard InChI is InChI=1S/C22H32O3/c1-14(2)15-5-6-16-19(3)9-7-17(23)20(19,4)11-12-22(16)13-21(15,22)10-8-18(24)25/h15-16H,1,5-13H2,2-4H3,(H,24,25)/t15-,16+,19-,20+,21+,22-/m0/s1. The normalized spacial score (nSPS) is 50.6. The molecule has 4 rings (SSSR count). The van der Waals surface area contributed by atoms with Crippen LogP contribution in [-0.4, -0.2) is 16.9 Å². The predicted molar refractivity (Wildman–Crippen MR) is 97.1 cm³/mol. The van der Waals surface area contributed by atoms with Gasteiger partial charge in [0.05, 0.1) is 0 Å². The molecule has 0 saturated heterocycles. The maximum Gasteiger partial charge on any atom is 0.303 e. The third-order valence-electron chi connectivity index (χ3n) is 9.54. The van der Waals surface area contributed by atoms with Crippen LogP contribution in [-0.2, 0) is 9.59 Å². The molecule has 0 amide bonds. The molecular formula is C22H32O3. The number of aliphatic carboxylic acids is 1. The summed E-state index contributed by atoms with van der Waals surface area (Å²) in [6.45, 7) is 11.0. The third kappa shape index (κ3) is 1.88. The van der Waals surface area contributed by atoms with Crippen molar-refractivity contribution in [2.75, 3.05) is 0 Å². The summed E-state index contributed by atoms with van der Waals surface area (Å²) < 4.78 is 0. The van der Waals surface area contributed by atoms with E-state index in [-0.39, 0.29) is 28.1 Å². The molecule has 4 aliphatic rings. The van der Waals surface area contributed by atoms with Crippen molar-refractivity contribution in [1.29, 1.82) is 0 Å². The number of carbonyl (C=O) groups is 2. The van der Waals surface area contributed by atoms with E-state index >= 15 is 0 Å². The Kier molecular flexibility index (Phi) is 3.45. The molecule has 3 heteroatoms. The van der Waals surface area contributed by atoms with Crippen molar-refractivity contribution >= 4 is 11.8 Å². The molecular weight excluding hydrogens is 312 g/mol. The molecule has 4 saturated carbocycles. The van der Waals surface area contributed by atoms with E-state index in [9.17, 15) is 14.7 Å². The van der Waals surface area contributed by atoms with Gasteiger partial charge in [-0.15, -0.1) is 0 Å². The highest BCUT2D eigenvalue weighted by atomic mass is 16.4. The van der Waals surface area contributed by atoms with Gasteiger partial charge in [-0.2, -0.15) is 0 Å². The van der Waals surface area contributed by atoms with E-state index in [1.807, 2.05) is 0 Å². The topological polar surface area (TPSA) is 54.4 Å². The van der Waals surface area contributed by atoms with Gasteiger partial charge in [0.2, 0.25) is 0 Å². The van der Waals surface area contributed by atoms with Gasteiger partial charge in [-0.3, -0.25) is 9.59 Å². The average Bonchev–Trinajstić information content (AvgIpc) is 3.16. The summed E-state index contributed by atoms with van der Waals surface area (Å²) in [6, 6.07) is 0. The molecule has 1 spiro atoms. The maximum atomic E-state index is 12.7. The second-order valence-corrected chi connectivity index (χ2v) is 10.1. The van der Waals surface area contributed by atoms with Gasteiger partial charge in [-0.05, 0) is 80.0 Å². The summed E-state index contributed by atoms with van der Waals surface area (Å²) in [5, 5.41) is 9.31. The van der Waals surface area contributed by atoms with E-state index in [0.717, 1.165) is 44.9 Å². The molecule has 4 fully saturated rings. The molecule has 0 aromatic heterocycles. The van der Waals surface area contributed by atoms with Crippen molar-refractivity contribution in [2.45, 2.75) is 78.6 Å². The number of hydrogen-bond donors (Lipinski definition) is 1. The molecule has 3 nitrogen and oxygen atoms in total. The summed E-state index contributed by atoms with van der Waals surface area (Å²) in [4.78, 5) is 24.0. The van der Waals surface area contributed by atoms with Crippen LogP contribution in [0, 0.1) is 33.5 Å². The molecule has 0 aromatic carbocycles. The monoisotopic (exact) mass is 344 g/mol. The van der Waals surface area contributed by atoms with Crippen LogP contribution < -0.4 is 0 Å². The SMILES string of the molecule is C=C(C)[C@@H]1CC[C@H]2[C@]3(CC[C@]4(C)C(=O)CC[C@@]24C)C[C@]13CCC(=O)O. The highest BCUT2D eigenvalue weighted by Gasteiger charge is 2.80. The number of Topliss-reactive ketones (excluding diaryl/α,β-unsaturated/α-hetero) is 1. The number of ketones is 1. The molecule has 25 heavy (non-hydrogen) atoms. The van der Waals surface area contributed by atoms with Crippen LogP contribution in [0.4, 0.5) is 0 Å². The Morgan fingerprint density at radius 1 is 1.24 bits per heavy atom. The molecule has 0 unspecified atom stereocenters. The number of carboxylic acid groups (broad SMARTS) is 1. The molecule has 0 aromatic rings. The first kappa shape index (κ1) is 17.3. The fourth-order valence-electron chi connectivity index (χ4n) is 8.04. The Bertz CT molecular complexity index is 666. The Balaban J connectivity index is 1.73. The average molecular weight is 344 g/mol. The van der Waals surface area contributed by atoms with Gasteiger partial charge >= 0.3 is 5.97 Å². The van der Waals surface area contributed by atoms with Crippen LogP contribution in [0.2, 0.25) is 0 Å². The van der Waals surface area contributed by atoms with Gasteiger partial charge in [0.1, 0.15) is 5.78 Å². The van der Waals surface area contributed by atoms with Crippen molar-refractivity contribution in [3.63, 3.8) is 0 Å². The van der Waals surface area contributed by atoms with Gasteiger partial charge in [-0.1, -0.05) is 26.0 Å². The fourth-order valence-corrected chi connectivity index (χ4v) is 8.04. The number of hydrogen-bond acceptors (Lipinski definition) is 2. The second-order valence-electron chi connectivity index (χ2n) is 10.1. The zero-order valence-corrected chi connectivity index (χ0v) is 16.0. The van der Waals surface area contributed by atoms with Gasteiger partial charge in [-0.25, -0.2) is 0 Å². The zero-order valence-electron chi connectivity index (χ0n) is 16.0. The number of rotatable bonds is 4. The molecule has 0 radical (unpaired) electrons. The number of allylic oxidation sites excluding steroid dienone is 1. The summed E-state index contributed by atoms with van der Waals surface area (Å²) >= 11 is 0. The Labute approximate surface area is 151 Å². The van der Waals surface area contributed by atoms with Crippen LogP contribution in [0.3, 0.4) is 0 Å². The van der Waals surface area contributed by atoms with Crippen molar-refractivity contribution in [3.05, 3.63) is 12.2 Å². The van der Waals surface area contributed by atoms with Gasteiger partial charge in [0, 0.05) is 18.3 Å². The lowest BCUT2D eigenvalue weighted by atomic mass is 9.45. The molecule has 6 atom stereocenters. The molecule has 4 aliphatic carbocycles. The van der Waals surface area contributed by atoms with Gasteiger partial charge < -0.3 is 5.11 Å². The van der Waals surface area contributed by atoms with Crippen LogP contribution >= 0.6 is 0 Å². The van der Waals surface area contributed by atoms with Crippen molar-refractivity contribution in [3.8, 4) is 0 Å². The van der Waals surface area contributed by atoms with Crippen LogP contribution in [0.1, 0.15) is 78.6 Å². The molecule has 0 aliphatic heterocycles. The highest BCUT2D eigenvalue weighted by Crippen LogP contribution is 2.86. The zero-order chi connectivity index (χ0) is 18.3. The molecule has 1 N–H and O–H groups in total. The van der Waals surface area contributed by atoms with E-state index in [1.54, 1.807) is 0 Å². The number of carbonyl (C=O) groups excluding carboxylic acids is 1. The lowest BCUT2D eigenvalue weighted by Gasteiger charge is -2.58. The van der Waals surface area contributed by atoms with E-state index in [1.165, 1.54) is 12.0 Å². The number of fused-ring (bicyclic) bond motifs is 2. The Morgan fingerprint density at radius 3 is 2.60 bits per heavy atom. The minimum Gasteiger partial charge on any atom is -0.481 e. The first-order valence-corrected chi connectivity index (χ1v) is 10.0. The van der Waals surface area contributed by atoms with Crippen LogP contribution in [0.25, 0.3) is 0 Å². The first-order valence-electron chi connectivity index (χ1n) is 10.0. The summed E-state index contributed by atoms with van der Waals surface area (Å²) in [5.41, 5.74) is 1.59. The second kappa shape index (κ2) is 4.98. The van der Waals surface area contributed by atoms with E-state index < -0.39 is 5.97 Å². The fraction of sp³-hybridized carbons (Fsp3) is 0.818. The Hall–Kier alpha value is -1.12. The summed E-state index contributed by atoms with van der Waals surface area (Å²) in [5.74, 6) is 0.841. The highest BCUT2D eigenvalue weighted by molar-refractivity contribution is 5.88. The van der Waals surface area contributed by atoms with E-state index in [0.29, 0.717) is 17.6 Å². The van der Waals surface area contributed by atoms with Crippen LogP contribution in [0.5, 0.6) is 0 Å². The minimum absolute atomic E-state index is 0.105. The van der Waals surface area contributed by atoms with E-state index in [4.69, 9.17) is 0 Å². The minimum atomic E-state index is -0.679. The number of carboxylic acids is 1. The first-order chi connectivity index (χ1) is 11.6. The van der Waals surface area contributed by atoms with Crippen molar-refractivity contribution in [1.82, 2.24) is 0 Å². The lowest BCUT2D eigenvalue weighted by molar-refractivity contribution is -0.144. The predicted octanol–water partition coefficient (Wildman–Crippen LogP) is 5.00. The summed E-state index contributed by atoms with van der Waals surface area (Å²) in [7, 11) is 0. The lowest BCUT2D eigenvalue weighted by Crippen LogP contribution is -2.54. The summed E-state index contributed by atoms with van der Waals surface area (Å²) in [6.07, 6.45) is 8.41. The van der Waals surface area contributed by atoms with Crippen molar-refractivity contribution in [2.24, 2.45) is 33.5 Å². The van der Waals surface area contributed by atoms with Gasteiger partial charge in [0.15, 0.2) is 0 Å². The van der Waals surface area contributed by atoms with Crippen molar-refractivity contribution < 1.29 is 14.7 Å². The van der Waals surface area contributed by atoms with E-state index in [2.05, 4.69) is 27.4 Å². The maximum absolute atomic E-state index is 12.7. The smallest absolute Gasteiger partial charge is 0.303 e. The molecule has 0 bridgehead atoms. The van der Waals surface area contributed by atoms with Crippen LogP contribution in [0.15, 0.2) is 12.2 Å². The molecule has 138 valence electrons. The largest absolute Gasteiger partial charge is 0.481 e. The third-order valence-corrected chi connectivity index (χ3v) is 9.54. The quantitative estimate of drug-likeness (QED) is 0.730. The van der Waals surface area contributed by atoms with Gasteiger partial charge in [0.25, 0.3) is 0 Å².